The first-order valence-corrected chi connectivity index (χ1v) is 11.6. The van der Waals surface area contributed by atoms with Gasteiger partial charge in [-0.05, 0) is 41.0 Å². The average molecular weight is 449 g/mol. The molecule has 5 rings (SSSR count). The second kappa shape index (κ2) is 8.54. The van der Waals surface area contributed by atoms with Gasteiger partial charge in [-0.2, -0.15) is 0 Å². The Labute approximate surface area is 192 Å². The molecule has 2 N–H and O–H groups in total. The van der Waals surface area contributed by atoms with Crippen LogP contribution in [-0.4, -0.2) is 53.7 Å². The van der Waals surface area contributed by atoms with Gasteiger partial charge in [0.05, 0.1) is 5.92 Å². The molecule has 2 atom stereocenters. The number of alkyl carbamates (subject to hydrolysis) is 1. The molecule has 7 heteroatoms. The van der Waals surface area contributed by atoms with Crippen LogP contribution in [0.2, 0.25) is 0 Å². The summed E-state index contributed by atoms with van der Waals surface area (Å²) in [6.45, 7) is 2.89. The molecular formula is C26H28N2O5. The lowest BCUT2D eigenvalue weighted by Gasteiger charge is -2.36. The van der Waals surface area contributed by atoms with Crippen LogP contribution >= 0.6 is 0 Å². The zero-order chi connectivity index (χ0) is 23.1. The zero-order valence-corrected chi connectivity index (χ0v) is 18.6. The topological polar surface area (TPSA) is 95.9 Å². The first-order chi connectivity index (χ1) is 15.9. The van der Waals surface area contributed by atoms with E-state index >= 15 is 0 Å². The Hall–Kier alpha value is -3.35. The van der Waals surface area contributed by atoms with Crippen molar-refractivity contribution >= 4 is 18.0 Å². The maximum Gasteiger partial charge on any atom is 0.407 e. The summed E-state index contributed by atoms with van der Waals surface area (Å²) in [5.41, 5.74) is 4.70. The fraction of sp³-hybridized carbons (Fsp3) is 0.423. The second-order valence-corrected chi connectivity index (χ2v) is 9.50. The number of rotatable bonds is 5. The third-order valence-corrected chi connectivity index (χ3v) is 7.39. The summed E-state index contributed by atoms with van der Waals surface area (Å²) in [5.74, 6) is -1.54. The number of carboxylic acids is 1. The molecule has 0 bridgehead atoms. The molecule has 2 aromatic rings. The Bertz CT molecular complexity index is 1050. The minimum Gasteiger partial charge on any atom is -0.481 e. The number of nitrogens with zero attached hydrogens (tertiary/aromatic N) is 1. The molecule has 33 heavy (non-hydrogen) atoms. The molecule has 1 aliphatic heterocycles. The second-order valence-electron chi connectivity index (χ2n) is 9.50. The van der Waals surface area contributed by atoms with E-state index in [-0.39, 0.29) is 42.9 Å². The van der Waals surface area contributed by atoms with Crippen molar-refractivity contribution < 1.29 is 24.2 Å². The Morgan fingerprint density at radius 1 is 1.00 bits per heavy atom. The van der Waals surface area contributed by atoms with Gasteiger partial charge in [0.1, 0.15) is 6.61 Å². The summed E-state index contributed by atoms with van der Waals surface area (Å²) in [5, 5.41) is 12.1. The Kier molecular flexibility index (Phi) is 5.56. The summed E-state index contributed by atoms with van der Waals surface area (Å²) < 4.78 is 5.59. The largest absolute Gasteiger partial charge is 0.481 e. The van der Waals surface area contributed by atoms with E-state index in [1.807, 2.05) is 31.2 Å². The van der Waals surface area contributed by atoms with Gasteiger partial charge < -0.3 is 20.1 Å². The van der Waals surface area contributed by atoms with Crippen molar-refractivity contribution in [3.63, 3.8) is 0 Å². The van der Waals surface area contributed by atoms with Crippen LogP contribution in [0.3, 0.4) is 0 Å². The standard InChI is InChI=1S/C26H28N2O5/c1-15-12-28(13-22(15)25(30)31)24(29)16-10-17(11-16)27-26(32)33-14-23-20-8-4-2-6-18(20)19-7-3-5-9-21(19)23/h2-9,15-17,22-23H,10-14H2,1H3,(H,27,32)(H,30,31). The number of fused-ring (bicyclic) bond motifs is 3. The highest BCUT2D eigenvalue weighted by molar-refractivity contribution is 5.82. The Morgan fingerprint density at radius 2 is 1.61 bits per heavy atom. The van der Waals surface area contributed by atoms with E-state index in [1.165, 1.54) is 22.3 Å². The van der Waals surface area contributed by atoms with E-state index in [2.05, 4.69) is 29.6 Å². The highest BCUT2D eigenvalue weighted by Gasteiger charge is 2.43. The number of amides is 2. The van der Waals surface area contributed by atoms with Crippen molar-refractivity contribution in [3.8, 4) is 11.1 Å². The van der Waals surface area contributed by atoms with Crippen LogP contribution < -0.4 is 5.32 Å². The predicted molar refractivity (Wildman–Crippen MR) is 122 cm³/mol. The molecule has 1 saturated carbocycles. The van der Waals surface area contributed by atoms with Gasteiger partial charge in [-0.25, -0.2) is 4.79 Å². The van der Waals surface area contributed by atoms with Gasteiger partial charge in [-0.3, -0.25) is 9.59 Å². The number of carbonyl (C=O) groups excluding carboxylic acids is 2. The third-order valence-electron chi connectivity index (χ3n) is 7.39. The van der Waals surface area contributed by atoms with E-state index < -0.39 is 18.0 Å². The first kappa shape index (κ1) is 21.5. The monoisotopic (exact) mass is 448 g/mol. The molecule has 2 unspecified atom stereocenters. The molecular weight excluding hydrogens is 420 g/mol. The van der Waals surface area contributed by atoms with E-state index in [0.717, 1.165) is 0 Å². The molecule has 2 aliphatic carbocycles. The number of benzene rings is 2. The summed E-state index contributed by atoms with van der Waals surface area (Å²) in [6.07, 6.45) is 0.658. The fourth-order valence-electron chi connectivity index (χ4n) is 5.47. The van der Waals surface area contributed by atoms with Gasteiger partial charge in [0, 0.05) is 31.0 Å². The van der Waals surface area contributed by atoms with Crippen LogP contribution in [-0.2, 0) is 14.3 Å². The predicted octanol–water partition coefficient (Wildman–Crippen LogP) is 3.48. The van der Waals surface area contributed by atoms with E-state index in [4.69, 9.17) is 4.74 Å². The molecule has 2 amide bonds. The molecule has 1 saturated heterocycles. The lowest BCUT2D eigenvalue weighted by atomic mass is 9.79. The number of carbonyl (C=O) groups is 3. The van der Waals surface area contributed by atoms with Crippen molar-refractivity contribution in [1.29, 1.82) is 0 Å². The smallest absolute Gasteiger partial charge is 0.407 e. The molecule has 172 valence electrons. The molecule has 1 heterocycles. The summed E-state index contributed by atoms with van der Waals surface area (Å²) in [6, 6.07) is 16.3. The number of carboxylic acid groups (broad SMARTS) is 1. The van der Waals surface area contributed by atoms with E-state index in [0.29, 0.717) is 19.4 Å². The van der Waals surface area contributed by atoms with Gasteiger partial charge in [0.15, 0.2) is 0 Å². The molecule has 0 spiro atoms. The molecule has 7 nitrogen and oxygen atoms in total. The van der Waals surface area contributed by atoms with Gasteiger partial charge in [0.2, 0.25) is 5.91 Å². The van der Waals surface area contributed by atoms with Crippen molar-refractivity contribution in [2.24, 2.45) is 17.8 Å². The van der Waals surface area contributed by atoms with Gasteiger partial charge >= 0.3 is 12.1 Å². The minimum absolute atomic E-state index is 0.00353. The summed E-state index contributed by atoms with van der Waals surface area (Å²) in [4.78, 5) is 38.1. The van der Waals surface area contributed by atoms with Crippen LogP contribution in [0.5, 0.6) is 0 Å². The summed E-state index contributed by atoms with van der Waals surface area (Å²) >= 11 is 0. The molecule has 3 aliphatic rings. The lowest BCUT2D eigenvalue weighted by Crippen LogP contribution is -2.50. The Morgan fingerprint density at radius 3 is 2.18 bits per heavy atom. The van der Waals surface area contributed by atoms with Crippen LogP contribution in [0, 0.1) is 17.8 Å². The van der Waals surface area contributed by atoms with Crippen molar-refractivity contribution in [2.75, 3.05) is 19.7 Å². The normalized spacial score (nSPS) is 25.7. The van der Waals surface area contributed by atoms with Crippen LogP contribution in [0.1, 0.15) is 36.8 Å². The van der Waals surface area contributed by atoms with Crippen LogP contribution in [0.25, 0.3) is 11.1 Å². The quantitative estimate of drug-likeness (QED) is 0.730. The average Bonchev–Trinajstić information content (AvgIpc) is 3.32. The maximum absolute atomic E-state index is 12.7. The van der Waals surface area contributed by atoms with Gasteiger partial charge in [-0.15, -0.1) is 0 Å². The van der Waals surface area contributed by atoms with Crippen molar-refractivity contribution in [2.45, 2.75) is 31.7 Å². The molecule has 0 aromatic heterocycles. The van der Waals surface area contributed by atoms with Crippen molar-refractivity contribution in [1.82, 2.24) is 10.2 Å². The SMILES string of the molecule is CC1CN(C(=O)C2CC(NC(=O)OCC3c4ccccc4-c4ccccc43)C2)CC1C(=O)O. The van der Waals surface area contributed by atoms with E-state index in [9.17, 15) is 19.5 Å². The minimum atomic E-state index is -0.846. The number of hydrogen-bond acceptors (Lipinski definition) is 4. The van der Waals surface area contributed by atoms with Gasteiger partial charge in [-0.1, -0.05) is 55.5 Å². The highest BCUT2D eigenvalue weighted by atomic mass is 16.5. The maximum atomic E-state index is 12.7. The number of aliphatic carboxylic acids is 1. The molecule has 2 aromatic carbocycles. The third kappa shape index (κ3) is 3.96. The fourth-order valence-corrected chi connectivity index (χ4v) is 5.47. The highest BCUT2D eigenvalue weighted by Crippen LogP contribution is 2.44. The molecule has 0 radical (unpaired) electrons. The number of nitrogens with one attached hydrogen (secondary N) is 1. The van der Waals surface area contributed by atoms with Crippen molar-refractivity contribution in [3.05, 3.63) is 59.7 Å². The van der Waals surface area contributed by atoms with E-state index in [1.54, 1.807) is 4.90 Å². The zero-order valence-electron chi connectivity index (χ0n) is 18.6. The number of ether oxygens (including phenoxy) is 1. The number of likely N-dealkylation sites (tertiary alicyclic amines) is 1. The first-order valence-electron chi connectivity index (χ1n) is 11.6. The summed E-state index contributed by atoms with van der Waals surface area (Å²) in [7, 11) is 0. The van der Waals surface area contributed by atoms with Crippen LogP contribution in [0.4, 0.5) is 4.79 Å². The lowest BCUT2D eigenvalue weighted by molar-refractivity contribution is -0.142. The van der Waals surface area contributed by atoms with Crippen LogP contribution in [0.15, 0.2) is 48.5 Å². The number of hydrogen-bond donors (Lipinski definition) is 2. The molecule has 2 fully saturated rings. The van der Waals surface area contributed by atoms with Gasteiger partial charge in [0.25, 0.3) is 0 Å². The Balaban J connectivity index is 1.11.